The SMILES string of the molecule is COc1ccccc1CSCNc1cc(-c2ccc(NCC3(O)CC3)nc2)ncn1. The van der Waals surface area contributed by atoms with Crippen LogP contribution in [0.5, 0.6) is 5.75 Å². The van der Waals surface area contributed by atoms with Crippen molar-refractivity contribution in [3.63, 3.8) is 0 Å². The quantitative estimate of drug-likeness (QED) is 0.335. The smallest absolute Gasteiger partial charge is 0.130 e. The molecule has 3 aromatic rings. The minimum Gasteiger partial charge on any atom is -0.496 e. The number of aromatic nitrogens is 3. The van der Waals surface area contributed by atoms with Crippen LogP contribution in [0, 0.1) is 0 Å². The van der Waals surface area contributed by atoms with Crippen LogP contribution in [0.3, 0.4) is 0 Å². The van der Waals surface area contributed by atoms with Crippen LogP contribution in [-0.4, -0.2) is 45.2 Å². The molecule has 0 unspecified atom stereocenters. The highest BCUT2D eigenvalue weighted by Gasteiger charge is 2.39. The van der Waals surface area contributed by atoms with Crippen LogP contribution in [0.25, 0.3) is 11.3 Å². The molecule has 0 aliphatic heterocycles. The number of hydrogen-bond donors (Lipinski definition) is 3. The molecule has 0 atom stereocenters. The van der Waals surface area contributed by atoms with Crippen LogP contribution in [0.4, 0.5) is 11.6 Å². The van der Waals surface area contributed by atoms with Gasteiger partial charge >= 0.3 is 0 Å². The summed E-state index contributed by atoms with van der Waals surface area (Å²) in [6.07, 6.45) is 5.04. The average molecular weight is 424 g/mol. The molecule has 7 nitrogen and oxygen atoms in total. The van der Waals surface area contributed by atoms with Gasteiger partial charge in [-0.2, -0.15) is 0 Å². The molecule has 2 aromatic heterocycles. The molecular weight excluding hydrogens is 398 g/mol. The highest BCUT2D eigenvalue weighted by molar-refractivity contribution is 7.98. The van der Waals surface area contributed by atoms with Gasteiger partial charge in [0.1, 0.15) is 23.7 Å². The number of nitrogens with zero attached hydrogens (tertiary/aromatic N) is 3. The van der Waals surface area contributed by atoms with Crippen LogP contribution in [-0.2, 0) is 5.75 Å². The third kappa shape index (κ3) is 5.40. The number of ether oxygens (including phenoxy) is 1. The Kier molecular flexibility index (Phi) is 6.35. The van der Waals surface area contributed by atoms with Crippen molar-refractivity contribution in [1.82, 2.24) is 15.0 Å². The number of nitrogens with one attached hydrogen (secondary N) is 2. The summed E-state index contributed by atoms with van der Waals surface area (Å²) in [6, 6.07) is 13.8. The summed E-state index contributed by atoms with van der Waals surface area (Å²) in [4.78, 5) is 13.1. The normalized spacial score (nSPS) is 14.2. The van der Waals surface area contributed by atoms with Gasteiger partial charge < -0.3 is 20.5 Å². The van der Waals surface area contributed by atoms with E-state index in [4.69, 9.17) is 4.74 Å². The van der Waals surface area contributed by atoms with Crippen molar-refractivity contribution < 1.29 is 9.84 Å². The van der Waals surface area contributed by atoms with E-state index < -0.39 is 5.60 Å². The van der Waals surface area contributed by atoms with E-state index in [1.165, 1.54) is 5.56 Å². The van der Waals surface area contributed by atoms with Gasteiger partial charge in [0, 0.05) is 35.7 Å². The van der Waals surface area contributed by atoms with Crippen molar-refractivity contribution in [2.75, 3.05) is 30.2 Å². The molecule has 1 aromatic carbocycles. The molecule has 4 rings (SSSR count). The topological polar surface area (TPSA) is 92.2 Å². The number of thioether (sulfide) groups is 1. The zero-order chi connectivity index (χ0) is 20.8. The second-order valence-electron chi connectivity index (χ2n) is 7.28. The number of pyridine rings is 1. The van der Waals surface area contributed by atoms with Gasteiger partial charge in [-0.1, -0.05) is 18.2 Å². The molecule has 0 amide bonds. The van der Waals surface area contributed by atoms with Gasteiger partial charge in [0.15, 0.2) is 0 Å². The standard InChI is InChI=1S/C22H25N5O2S/c1-29-19-5-3-2-4-17(19)12-30-15-27-21-10-18(25-14-26-21)16-6-7-20(23-11-16)24-13-22(28)8-9-22/h2-7,10-11,14,28H,8-9,12-13,15H2,1H3,(H,23,24)(H,25,26,27). The first-order chi connectivity index (χ1) is 14.6. The summed E-state index contributed by atoms with van der Waals surface area (Å²) in [7, 11) is 1.69. The van der Waals surface area contributed by atoms with Crippen molar-refractivity contribution in [3.8, 4) is 17.0 Å². The number of methoxy groups -OCH3 is 1. The molecule has 1 aliphatic carbocycles. The van der Waals surface area contributed by atoms with Crippen LogP contribution in [0.2, 0.25) is 0 Å². The van der Waals surface area contributed by atoms with Crippen molar-refractivity contribution in [2.24, 2.45) is 0 Å². The third-order valence-electron chi connectivity index (χ3n) is 4.96. The highest BCUT2D eigenvalue weighted by atomic mass is 32.2. The molecule has 0 radical (unpaired) electrons. The van der Waals surface area contributed by atoms with E-state index in [1.54, 1.807) is 31.4 Å². The Balaban J connectivity index is 1.30. The molecule has 1 saturated carbocycles. The fourth-order valence-corrected chi connectivity index (χ4v) is 3.76. The number of benzene rings is 1. The number of anilines is 2. The first-order valence-electron chi connectivity index (χ1n) is 9.83. The van der Waals surface area contributed by atoms with Crippen molar-refractivity contribution in [3.05, 3.63) is 60.6 Å². The molecule has 0 bridgehead atoms. The lowest BCUT2D eigenvalue weighted by molar-refractivity contribution is 0.164. The number of rotatable bonds is 10. The van der Waals surface area contributed by atoms with E-state index >= 15 is 0 Å². The summed E-state index contributed by atoms with van der Waals surface area (Å²) in [5, 5.41) is 16.4. The minimum atomic E-state index is -0.544. The van der Waals surface area contributed by atoms with Gasteiger partial charge in [-0.3, -0.25) is 0 Å². The Morgan fingerprint density at radius 3 is 2.70 bits per heavy atom. The van der Waals surface area contributed by atoms with Gasteiger partial charge in [-0.25, -0.2) is 15.0 Å². The summed E-state index contributed by atoms with van der Waals surface area (Å²) < 4.78 is 5.39. The monoisotopic (exact) mass is 423 g/mol. The molecular formula is C22H25N5O2S. The summed E-state index contributed by atoms with van der Waals surface area (Å²) in [6.45, 7) is 0.535. The van der Waals surface area contributed by atoms with E-state index in [0.29, 0.717) is 6.54 Å². The van der Waals surface area contributed by atoms with Crippen LogP contribution >= 0.6 is 11.8 Å². The van der Waals surface area contributed by atoms with Crippen molar-refractivity contribution >= 4 is 23.4 Å². The van der Waals surface area contributed by atoms with Crippen molar-refractivity contribution in [1.29, 1.82) is 0 Å². The molecule has 0 saturated heterocycles. The maximum atomic E-state index is 9.91. The Morgan fingerprint density at radius 2 is 1.93 bits per heavy atom. The van der Waals surface area contributed by atoms with Crippen LogP contribution < -0.4 is 15.4 Å². The van der Waals surface area contributed by atoms with Gasteiger partial charge in [-0.15, -0.1) is 11.8 Å². The fourth-order valence-electron chi connectivity index (χ4n) is 2.95. The predicted octanol–water partition coefficient (Wildman–Crippen LogP) is 3.79. The van der Waals surface area contributed by atoms with E-state index in [2.05, 4.69) is 31.7 Å². The van der Waals surface area contributed by atoms with Gasteiger partial charge in [0.25, 0.3) is 0 Å². The van der Waals surface area contributed by atoms with E-state index in [0.717, 1.165) is 53.1 Å². The van der Waals surface area contributed by atoms with Crippen LogP contribution in [0.1, 0.15) is 18.4 Å². The molecule has 156 valence electrons. The molecule has 1 aliphatic rings. The van der Waals surface area contributed by atoms with E-state index in [9.17, 15) is 5.11 Å². The molecule has 1 fully saturated rings. The zero-order valence-electron chi connectivity index (χ0n) is 16.8. The Hall–Kier alpha value is -2.84. The van der Waals surface area contributed by atoms with Gasteiger partial charge in [0.2, 0.25) is 0 Å². The second-order valence-corrected chi connectivity index (χ2v) is 8.27. The predicted molar refractivity (Wildman–Crippen MR) is 121 cm³/mol. The zero-order valence-corrected chi connectivity index (χ0v) is 17.7. The fraction of sp³-hybridized carbons (Fsp3) is 0.318. The highest BCUT2D eigenvalue weighted by Crippen LogP contribution is 2.34. The molecule has 0 spiro atoms. The number of aliphatic hydroxyl groups is 1. The lowest BCUT2D eigenvalue weighted by Crippen LogP contribution is -2.20. The average Bonchev–Trinajstić information content (AvgIpc) is 3.53. The molecule has 8 heteroatoms. The van der Waals surface area contributed by atoms with E-state index in [1.807, 2.05) is 36.4 Å². The summed E-state index contributed by atoms with van der Waals surface area (Å²) >= 11 is 1.75. The maximum absolute atomic E-state index is 9.91. The first-order valence-corrected chi connectivity index (χ1v) is 11.0. The third-order valence-corrected chi connectivity index (χ3v) is 5.82. The maximum Gasteiger partial charge on any atom is 0.130 e. The van der Waals surface area contributed by atoms with E-state index in [-0.39, 0.29) is 0 Å². The lowest BCUT2D eigenvalue weighted by atomic mass is 10.2. The Bertz CT molecular complexity index is 979. The Labute approximate surface area is 180 Å². The minimum absolute atomic E-state index is 0.535. The van der Waals surface area contributed by atoms with Gasteiger partial charge in [0.05, 0.1) is 24.3 Å². The lowest BCUT2D eigenvalue weighted by Gasteiger charge is -2.11. The largest absolute Gasteiger partial charge is 0.496 e. The summed E-state index contributed by atoms with van der Waals surface area (Å²) in [5.74, 6) is 4.00. The number of para-hydroxylation sites is 1. The van der Waals surface area contributed by atoms with Crippen LogP contribution in [0.15, 0.2) is 55.0 Å². The molecule has 2 heterocycles. The molecule has 30 heavy (non-hydrogen) atoms. The second kappa shape index (κ2) is 9.32. The number of hydrogen-bond acceptors (Lipinski definition) is 8. The summed E-state index contributed by atoms with van der Waals surface area (Å²) in [5.41, 5.74) is 2.35. The molecule has 3 N–H and O–H groups in total. The first kappa shape index (κ1) is 20.4. The van der Waals surface area contributed by atoms with Gasteiger partial charge in [-0.05, 0) is 31.0 Å². The van der Waals surface area contributed by atoms with Crippen molar-refractivity contribution in [2.45, 2.75) is 24.2 Å². The Morgan fingerprint density at radius 1 is 1.07 bits per heavy atom.